The molecular formula is C14H22N+. The predicted octanol–water partition coefficient (Wildman–Crippen LogP) is 3.96. The van der Waals surface area contributed by atoms with E-state index in [4.69, 9.17) is 0 Å². The van der Waals surface area contributed by atoms with Gasteiger partial charge in [-0.3, -0.25) is 0 Å². The third kappa shape index (κ3) is 3.26. The highest BCUT2D eigenvalue weighted by Gasteiger charge is 2.22. The molecule has 0 atom stereocenters. The maximum Gasteiger partial charge on any atom is 0.127 e. The van der Waals surface area contributed by atoms with E-state index >= 15 is 0 Å². The van der Waals surface area contributed by atoms with Crippen LogP contribution in [0.25, 0.3) is 0 Å². The van der Waals surface area contributed by atoms with Crippen molar-refractivity contribution in [3.63, 3.8) is 0 Å². The fourth-order valence-corrected chi connectivity index (χ4v) is 1.41. The molecule has 82 valence electrons. The van der Waals surface area contributed by atoms with Gasteiger partial charge in [-0.25, -0.2) is 4.98 Å². The molecule has 1 heterocycles. The van der Waals surface area contributed by atoms with Crippen LogP contribution in [0.15, 0.2) is 24.4 Å². The fraction of sp³-hybridized carbons (Fsp3) is 0.571. The SMILES string of the molecule is CC(C)(C)c1ccnc(C(C)(C)C)[cH+]c1. The summed E-state index contributed by atoms with van der Waals surface area (Å²) in [5.74, 6) is 0. The van der Waals surface area contributed by atoms with Crippen LogP contribution in [0.3, 0.4) is 0 Å². The average molecular weight is 204 g/mol. The third-order valence-corrected chi connectivity index (χ3v) is 2.52. The van der Waals surface area contributed by atoms with Crippen molar-refractivity contribution >= 4 is 0 Å². The van der Waals surface area contributed by atoms with E-state index in [9.17, 15) is 0 Å². The summed E-state index contributed by atoms with van der Waals surface area (Å²) in [6.07, 6.45) is 1.92. The zero-order valence-corrected chi connectivity index (χ0v) is 10.8. The molecule has 0 bridgehead atoms. The number of hydrogen-bond donors (Lipinski definition) is 0. The van der Waals surface area contributed by atoms with Crippen molar-refractivity contribution in [3.05, 3.63) is 35.7 Å². The lowest BCUT2D eigenvalue weighted by Gasteiger charge is -2.12. The van der Waals surface area contributed by atoms with Crippen molar-refractivity contribution in [2.24, 2.45) is 0 Å². The Morgan fingerprint density at radius 3 is 2.07 bits per heavy atom. The van der Waals surface area contributed by atoms with Crippen LogP contribution < -0.4 is 0 Å². The topological polar surface area (TPSA) is 12.9 Å². The molecule has 1 nitrogen and oxygen atoms in total. The molecule has 0 saturated carbocycles. The maximum absolute atomic E-state index is 4.49. The Labute approximate surface area is 93.6 Å². The molecule has 0 spiro atoms. The molecule has 1 heteroatoms. The zero-order chi connectivity index (χ0) is 11.7. The number of aromatic nitrogens is 1. The molecular weight excluding hydrogens is 182 g/mol. The highest BCUT2D eigenvalue weighted by atomic mass is 14.7. The van der Waals surface area contributed by atoms with Crippen LogP contribution in [-0.4, -0.2) is 4.98 Å². The maximum atomic E-state index is 4.49. The second-order valence-corrected chi connectivity index (χ2v) is 6.12. The summed E-state index contributed by atoms with van der Waals surface area (Å²) in [6.45, 7) is 13.2. The minimum absolute atomic E-state index is 0.119. The van der Waals surface area contributed by atoms with Crippen LogP contribution in [0, 0.1) is 0 Å². The molecule has 0 unspecified atom stereocenters. The summed E-state index contributed by atoms with van der Waals surface area (Å²) < 4.78 is 0. The Bertz CT molecular complexity index is 312. The van der Waals surface area contributed by atoms with Gasteiger partial charge in [-0.1, -0.05) is 20.8 Å². The van der Waals surface area contributed by atoms with Gasteiger partial charge in [-0.2, -0.15) is 0 Å². The van der Waals surface area contributed by atoms with E-state index < -0.39 is 0 Å². The molecule has 0 saturated heterocycles. The Hall–Kier alpha value is -0.980. The molecule has 0 fully saturated rings. The predicted molar refractivity (Wildman–Crippen MR) is 66.0 cm³/mol. The van der Waals surface area contributed by atoms with Crippen molar-refractivity contribution in [3.8, 4) is 0 Å². The molecule has 1 aromatic rings. The Morgan fingerprint density at radius 2 is 1.60 bits per heavy atom. The first-order chi connectivity index (χ1) is 6.71. The van der Waals surface area contributed by atoms with Gasteiger partial charge in [0.2, 0.25) is 0 Å². The summed E-state index contributed by atoms with van der Waals surface area (Å²) in [6, 6.07) is 6.43. The minimum atomic E-state index is 0.119. The largest absolute Gasteiger partial charge is 0.237 e. The molecule has 0 aliphatic carbocycles. The highest BCUT2D eigenvalue weighted by molar-refractivity contribution is 5.23. The molecule has 0 aliphatic heterocycles. The van der Waals surface area contributed by atoms with Crippen LogP contribution in [0.2, 0.25) is 0 Å². The second kappa shape index (κ2) is 3.88. The fourth-order valence-electron chi connectivity index (χ4n) is 1.41. The summed E-state index contributed by atoms with van der Waals surface area (Å²) in [5, 5.41) is 0. The van der Waals surface area contributed by atoms with E-state index in [1.165, 1.54) is 5.56 Å². The minimum Gasteiger partial charge on any atom is -0.237 e. The average Bonchev–Trinajstić information content (AvgIpc) is 2.24. The van der Waals surface area contributed by atoms with Gasteiger partial charge in [0.15, 0.2) is 0 Å². The molecule has 15 heavy (non-hydrogen) atoms. The molecule has 0 radical (unpaired) electrons. The third-order valence-electron chi connectivity index (χ3n) is 2.52. The van der Waals surface area contributed by atoms with Gasteiger partial charge in [-0.15, -0.1) is 0 Å². The zero-order valence-electron chi connectivity index (χ0n) is 10.8. The molecule has 0 amide bonds. The van der Waals surface area contributed by atoms with Crippen LogP contribution in [0.5, 0.6) is 0 Å². The van der Waals surface area contributed by atoms with Gasteiger partial charge in [0.05, 0.1) is 17.0 Å². The Balaban J connectivity index is 3.18. The summed E-state index contributed by atoms with van der Waals surface area (Å²) >= 11 is 0. The molecule has 1 aromatic heterocycles. The quantitative estimate of drug-likeness (QED) is 0.583. The van der Waals surface area contributed by atoms with E-state index in [1.54, 1.807) is 0 Å². The van der Waals surface area contributed by atoms with Gasteiger partial charge in [0, 0.05) is 17.7 Å². The summed E-state index contributed by atoms with van der Waals surface area (Å²) in [4.78, 5) is 4.49. The number of hydrogen-bond acceptors (Lipinski definition) is 1. The standard InChI is InChI=1S/C14H22N/c1-13(2,3)11-7-8-12(14(4,5)6)15-10-9-11/h7-10H,1-6H3/q+1. The van der Waals surface area contributed by atoms with Gasteiger partial charge < -0.3 is 0 Å². The number of nitrogens with zero attached hydrogens (tertiary/aromatic N) is 1. The van der Waals surface area contributed by atoms with Crippen molar-refractivity contribution < 1.29 is 0 Å². The first-order valence-corrected chi connectivity index (χ1v) is 5.51. The van der Waals surface area contributed by atoms with Gasteiger partial charge in [0.1, 0.15) is 11.8 Å². The smallest absolute Gasteiger partial charge is 0.127 e. The normalized spacial score (nSPS) is 12.7. The molecule has 0 aliphatic rings. The number of rotatable bonds is 0. The molecule has 1 rings (SSSR count). The van der Waals surface area contributed by atoms with Crippen molar-refractivity contribution in [1.82, 2.24) is 4.98 Å². The monoisotopic (exact) mass is 204 g/mol. The second-order valence-electron chi connectivity index (χ2n) is 6.12. The van der Waals surface area contributed by atoms with Gasteiger partial charge in [-0.05, 0) is 20.8 Å². The van der Waals surface area contributed by atoms with Crippen molar-refractivity contribution in [2.45, 2.75) is 52.4 Å². The van der Waals surface area contributed by atoms with Gasteiger partial charge in [0.25, 0.3) is 0 Å². The Morgan fingerprint density at radius 1 is 1.00 bits per heavy atom. The van der Waals surface area contributed by atoms with E-state index in [2.05, 4.69) is 64.7 Å². The van der Waals surface area contributed by atoms with Crippen LogP contribution in [0.1, 0.15) is 52.8 Å². The molecule has 0 aromatic carbocycles. The van der Waals surface area contributed by atoms with Crippen LogP contribution in [-0.2, 0) is 10.8 Å². The van der Waals surface area contributed by atoms with Crippen molar-refractivity contribution in [2.75, 3.05) is 0 Å². The lowest BCUT2D eigenvalue weighted by atomic mass is 9.87. The van der Waals surface area contributed by atoms with E-state index in [0.717, 1.165) is 5.69 Å². The lowest BCUT2D eigenvalue weighted by Crippen LogP contribution is -2.12. The van der Waals surface area contributed by atoms with Crippen LogP contribution in [0.4, 0.5) is 0 Å². The Kier molecular flexibility index (Phi) is 3.13. The van der Waals surface area contributed by atoms with Crippen molar-refractivity contribution in [1.29, 1.82) is 0 Å². The lowest BCUT2D eigenvalue weighted by molar-refractivity contribution is 0.570. The van der Waals surface area contributed by atoms with E-state index in [1.807, 2.05) is 6.20 Å². The summed E-state index contributed by atoms with van der Waals surface area (Å²) in [5.41, 5.74) is 2.77. The summed E-state index contributed by atoms with van der Waals surface area (Å²) in [7, 11) is 0. The van der Waals surface area contributed by atoms with E-state index in [0.29, 0.717) is 0 Å². The van der Waals surface area contributed by atoms with Gasteiger partial charge >= 0.3 is 0 Å². The first-order valence-electron chi connectivity index (χ1n) is 5.51. The molecule has 0 N–H and O–H groups in total. The first kappa shape index (κ1) is 12.1. The van der Waals surface area contributed by atoms with E-state index in [-0.39, 0.29) is 10.8 Å². The highest BCUT2D eigenvalue weighted by Crippen LogP contribution is 2.23. The van der Waals surface area contributed by atoms with Crippen LogP contribution >= 0.6 is 0 Å².